The van der Waals surface area contributed by atoms with Crippen molar-refractivity contribution in [1.82, 2.24) is 4.98 Å². The lowest BCUT2D eigenvalue weighted by Gasteiger charge is -2.14. The summed E-state index contributed by atoms with van der Waals surface area (Å²) in [6.07, 6.45) is 1.74. The Morgan fingerprint density at radius 3 is 2.95 bits per heavy atom. The van der Waals surface area contributed by atoms with Gasteiger partial charge < -0.3 is 15.2 Å². The lowest BCUT2D eigenvalue weighted by atomic mass is 10.1. The highest BCUT2D eigenvalue weighted by atomic mass is 16.5. The van der Waals surface area contributed by atoms with Crippen LogP contribution < -0.4 is 10.1 Å². The fraction of sp³-hybridized carbons (Fsp3) is 0.286. The molecule has 2 aromatic rings. The Bertz CT molecular complexity index is 598. The fourth-order valence-electron chi connectivity index (χ4n) is 1.94. The van der Waals surface area contributed by atoms with Crippen molar-refractivity contribution < 1.29 is 14.6 Å². The van der Waals surface area contributed by atoms with E-state index < -0.39 is 5.97 Å². The van der Waals surface area contributed by atoms with Gasteiger partial charge in [-0.3, -0.25) is 4.79 Å². The van der Waals surface area contributed by atoms with Crippen LogP contribution >= 0.6 is 0 Å². The number of aromatic nitrogens is 1. The van der Waals surface area contributed by atoms with Crippen LogP contribution in [0.5, 0.6) is 5.75 Å². The molecule has 0 radical (unpaired) electrons. The summed E-state index contributed by atoms with van der Waals surface area (Å²) in [5, 5.41) is 13.8. The van der Waals surface area contributed by atoms with Gasteiger partial charge in [-0.1, -0.05) is 6.07 Å². The summed E-state index contributed by atoms with van der Waals surface area (Å²) >= 11 is 0. The van der Waals surface area contributed by atoms with Gasteiger partial charge in [-0.25, -0.2) is 4.98 Å². The van der Waals surface area contributed by atoms with E-state index in [9.17, 15) is 4.79 Å². The van der Waals surface area contributed by atoms with Crippen LogP contribution in [0.2, 0.25) is 0 Å². The molecule has 0 saturated heterocycles. The monoisotopic (exact) mass is 260 g/mol. The van der Waals surface area contributed by atoms with Gasteiger partial charge in [0.1, 0.15) is 11.6 Å². The molecule has 1 aromatic carbocycles. The number of ether oxygens (including phenoxy) is 1. The zero-order valence-electron chi connectivity index (χ0n) is 10.9. The number of rotatable bonds is 5. The average molecular weight is 260 g/mol. The first-order valence-corrected chi connectivity index (χ1v) is 6.01. The Kier molecular flexibility index (Phi) is 3.85. The summed E-state index contributed by atoms with van der Waals surface area (Å²) < 4.78 is 5.20. The fourth-order valence-corrected chi connectivity index (χ4v) is 1.94. The number of nitrogens with one attached hydrogen (secondary N) is 1. The van der Waals surface area contributed by atoms with Crippen LogP contribution in [-0.4, -0.2) is 29.2 Å². The zero-order valence-corrected chi connectivity index (χ0v) is 10.9. The number of pyridine rings is 1. The molecule has 1 aromatic heterocycles. The van der Waals surface area contributed by atoms with E-state index in [-0.39, 0.29) is 12.5 Å². The highest BCUT2D eigenvalue weighted by Gasteiger charge is 2.10. The summed E-state index contributed by atoms with van der Waals surface area (Å²) in [6, 6.07) is 7.43. The van der Waals surface area contributed by atoms with Crippen LogP contribution in [0.1, 0.15) is 13.3 Å². The van der Waals surface area contributed by atoms with Gasteiger partial charge in [-0.2, -0.15) is 0 Å². The quantitative estimate of drug-likeness (QED) is 0.864. The van der Waals surface area contributed by atoms with Crippen LogP contribution in [-0.2, 0) is 4.79 Å². The number of carboxylic acids is 1. The number of fused-ring (bicyclic) bond motifs is 1. The van der Waals surface area contributed by atoms with Crippen molar-refractivity contribution >= 4 is 22.6 Å². The predicted molar refractivity (Wildman–Crippen MR) is 73.6 cm³/mol. The minimum Gasteiger partial charge on any atom is -0.497 e. The molecule has 5 nitrogen and oxygen atoms in total. The van der Waals surface area contributed by atoms with E-state index in [0.717, 1.165) is 16.5 Å². The molecule has 0 bridgehead atoms. The average Bonchev–Trinajstić information content (AvgIpc) is 2.37. The van der Waals surface area contributed by atoms with Gasteiger partial charge in [0.15, 0.2) is 0 Å². The number of hydrogen-bond acceptors (Lipinski definition) is 4. The standard InChI is InChI=1S/C14H16N2O3/c1-9(7-13(17)18)16-14-12-8-11(19-2)4-3-10(12)5-6-15-14/h3-6,8-9H,7H2,1-2H3,(H,15,16)(H,17,18). The maximum absolute atomic E-state index is 10.7. The van der Waals surface area contributed by atoms with Crippen LogP contribution in [0.25, 0.3) is 10.8 Å². The van der Waals surface area contributed by atoms with Crippen molar-refractivity contribution in [3.8, 4) is 5.75 Å². The number of methoxy groups -OCH3 is 1. The van der Waals surface area contributed by atoms with Gasteiger partial charge in [-0.15, -0.1) is 0 Å². The molecule has 1 heterocycles. The molecule has 1 atom stereocenters. The lowest BCUT2D eigenvalue weighted by Crippen LogP contribution is -2.20. The molecule has 2 N–H and O–H groups in total. The van der Waals surface area contributed by atoms with Gasteiger partial charge in [-0.05, 0) is 30.5 Å². The topological polar surface area (TPSA) is 71.5 Å². The van der Waals surface area contributed by atoms with E-state index in [1.54, 1.807) is 13.3 Å². The molecule has 19 heavy (non-hydrogen) atoms. The van der Waals surface area contributed by atoms with Crippen LogP contribution in [0, 0.1) is 0 Å². The second-order valence-electron chi connectivity index (χ2n) is 4.39. The van der Waals surface area contributed by atoms with Crippen molar-refractivity contribution in [3.63, 3.8) is 0 Å². The minimum absolute atomic E-state index is 0.0437. The van der Waals surface area contributed by atoms with Crippen molar-refractivity contribution in [2.24, 2.45) is 0 Å². The van der Waals surface area contributed by atoms with E-state index in [1.807, 2.05) is 31.2 Å². The largest absolute Gasteiger partial charge is 0.497 e. The number of carbonyl (C=O) groups is 1. The Balaban J connectivity index is 2.34. The normalized spacial score (nSPS) is 12.1. The molecule has 0 amide bonds. The first kappa shape index (κ1) is 13.1. The van der Waals surface area contributed by atoms with Crippen molar-refractivity contribution in [1.29, 1.82) is 0 Å². The van der Waals surface area contributed by atoms with Gasteiger partial charge in [0.25, 0.3) is 0 Å². The Hall–Kier alpha value is -2.30. The first-order chi connectivity index (χ1) is 9.10. The van der Waals surface area contributed by atoms with Crippen LogP contribution in [0.15, 0.2) is 30.5 Å². The number of aliphatic carboxylic acids is 1. The van der Waals surface area contributed by atoms with Crippen molar-refractivity contribution in [3.05, 3.63) is 30.5 Å². The number of benzene rings is 1. The zero-order chi connectivity index (χ0) is 13.8. The first-order valence-electron chi connectivity index (χ1n) is 6.01. The van der Waals surface area contributed by atoms with E-state index in [1.165, 1.54) is 0 Å². The lowest BCUT2D eigenvalue weighted by molar-refractivity contribution is -0.137. The van der Waals surface area contributed by atoms with Gasteiger partial charge in [0.2, 0.25) is 0 Å². The maximum atomic E-state index is 10.7. The molecule has 0 aliphatic heterocycles. The molecule has 0 aliphatic carbocycles. The third kappa shape index (κ3) is 3.13. The molecule has 100 valence electrons. The molecule has 0 fully saturated rings. The number of anilines is 1. The second-order valence-corrected chi connectivity index (χ2v) is 4.39. The van der Waals surface area contributed by atoms with Gasteiger partial charge in [0.05, 0.1) is 13.5 Å². The molecule has 2 rings (SSSR count). The Labute approximate surface area is 111 Å². The van der Waals surface area contributed by atoms with Crippen molar-refractivity contribution in [2.75, 3.05) is 12.4 Å². The summed E-state index contributed by atoms with van der Waals surface area (Å²) in [5.41, 5.74) is 0. The molecule has 5 heteroatoms. The van der Waals surface area contributed by atoms with E-state index in [0.29, 0.717) is 5.82 Å². The van der Waals surface area contributed by atoms with E-state index >= 15 is 0 Å². The number of hydrogen-bond donors (Lipinski definition) is 2. The molecule has 1 unspecified atom stereocenters. The van der Waals surface area contributed by atoms with Gasteiger partial charge in [0, 0.05) is 17.6 Å². The van der Waals surface area contributed by atoms with Crippen LogP contribution in [0.3, 0.4) is 0 Å². The Morgan fingerprint density at radius 1 is 1.47 bits per heavy atom. The van der Waals surface area contributed by atoms with E-state index in [4.69, 9.17) is 9.84 Å². The SMILES string of the molecule is COc1ccc2ccnc(NC(C)CC(=O)O)c2c1. The van der Waals surface area contributed by atoms with E-state index in [2.05, 4.69) is 10.3 Å². The van der Waals surface area contributed by atoms with Gasteiger partial charge >= 0.3 is 5.97 Å². The highest BCUT2D eigenvalue weighted by Crippen LogP contribution is 2.26. The van der Waals surface area contributed by atoms with Crippen molar-refractivity contribution in [2.45, 2.75) is 19.4 Å². The summed E-state index contributed by atoms with van der Waals surface area (Å²) in [7, 11) is 1.61. The molecular weight excluding hydrogens is 244 g/mol. The number of carboxylic acid groups (broad SMARTS) is 1. The highest BCUT2D eigenvalue weighted by molar-refractivity contribution is 5.93. The Morgan fingerprint density at radius 2 is 2.26 bits per heavy atom. The smallest absolute Gasteiger partial charge is 0.305 e. The minimum atomic E-state index is -0.835. The number of nitrogens with zero attached hydrogens (tertiary/aromatic N) is 1. The summed E-state index contributed by atoms with van der Waals surface area (Å²) in [5.74, 6) is 0.581. The third-order valence-corrected chi connectivity index (χ3v) is 2.84. The molecule has 0 aliphatic rings. The maximum Gasteiger partial charge on any atom is 0.305 e. The predicted octanol–water partition coefficient (Wildman–Crippen LogP) is 2.52. The summed E-state index contributed by atoms with van der Waals surface area (Å²) in [4.78, 5) is 15.0. The third-order valence-electron chi connectivity index (χ3n) is 2.84. The van der Waals surface area contributed by atoms with Crippen LogP contribution in [0.4, 0.5) is 5.82 Å². The molecular formula is C14H16N2O3. The second kappa shape index (κ2) is 5.56. The molecule has 0 spiro atoms. The molecule has 0 saturated carbocycles. The summed E-state index contributed by atoms with van der Waals surface area (Å²) in [6.45, 7) is 1.81.